The van der Waals surface area contributed by atoms with Crippen LogP contribution in [-0.4, -0.2) is 33.4 Å². The topological polar surface area (TPSA) is 47.7 Å². The van der Waals surface area contributed by atoms with E-state index in [0.717, 1.165) is 31.0 Å². The molecule has 1 heterocycles. The lowest BCUT2D eigenvalue weighted by Gasteiger charge is -2.20. The van der Waals surface area contributed by atoms with Crippen molar-refractivity contribution < 1.29 is 9.47 Å². The molecule has 0 spiro atoms. The summed E-state index contributed by atoms with van der Waals surface area (Å²) in [6.07, 6.45) is 2.32. The van der Waals surface area contributed by atoms with Gasteiger partial charge in [-0.05, 0) is 37.8 Å². The van der Waals surface area contributed by atoms with Gasteiger partial charge in [-0.25, -0.2) is 0 Å². The molecule has 1 aromatic rings. The van der Waals surface area contributed by atoms with E-state index in [-0.39, 0.29) is 6.04 Å². The number of nitrogens with two attached hydrogens (primary N) is 1. The van der Waals surface area contributed by atoms with Crippen molar-refractivity contribution >= 4 is 5.69 Å². The normalized spacial score (nSPS) is 20.4. The fourth-order valence-electron chi connectivity index (χ4n) is 2.81. The molecule has 1 aliphatic heterocycles. The predicted octanol–water partition coefficient (Wildman–Crippen LogP) is 2.27. The Morgan fingerprint density at radius 1 is 1.32 bits per heavy atom. The van der Waals surface area contributed by atoms with E-state index in [9.17, 15) is 0 Å². The van der Waals surface area contributed by atoms with Gasteiger partial charge in [0.2, 0.25) is 0 Å². The summed E-state index contributed by atoms with van der Waals surface area (Å²) in [5.74, 6) is 2.27. The molecule has 0 aromatic heterocycles. The summed E-state index contributed by atoms with van der Waals surface area (Å²) < 4.78 is 10.6. The third-order valence-electron chi connectivity index (χ3n) is 3.72. The molecule has 19 heavy (non-hydrogen) atoms. The zero-order chi connectivity index (χ0) is 13.8. The Labute approximate surface area is 115 Å². The highest BCUT2D eigenvalue weighted by molar-refractivity contribution is 5.56. The summed E-state index contributed by atoms with van der Waals surface area (Å²) in [6.45, 7) is 4.25. The minimum atomic E-state index is 0.287. The monoisotopic (exact) mass is 264 g/mol. The van der Waals surface area contributed by atoms with Crippen LogP contribution in [0.5, 0.6) is 11.5 Å². The lowest BCUT2D eigenvalue weighted by molar-refractivity contribution is 0.355. The molecule has 0 saturated carbocycles. The molecule has 4 heteroatoms. The van der Waals surface area contributed by atoms with Gasteiger partial charge in [0.15, 0.2) is 11.5 Å². The van der Waals surface area contributed by atoms with Crippen LogP contribution >= 0.6 is 0 Å². The van der Waals surface area contributed by atoms with Crippen LogP contribution in [0.1, 0.15) is 19.8 Å². The Hall–Kier alpha value is -1.42. The number of hydrogen-bond donors (Lipinski definition) is 1. The summed E-state index contributed by atoms with van der Waals surface area (Å²) in [5, 5.41) is 0. The van der Waals surface area contributed by atoms with Gasteiger partial charge < -0.3 is 20.1 Å². The quantitative estimate of drug-likeness (QED) is 0.886. The van der Waals surface area contributed by atoms with Crippen molar-refractivity contribution in [3.8, 4) is 11.5 Å². The van der Waals surface area contributed by atoms with Crippen LogP contribution in [0.15, 0.2) is 18.2 Å². The van der Waals surface area contributed by atoms with E-state index >= 15 is 0 Å². The van der Waals surface area contributed by atoms with Crippen molar-refractivity contribution in [1.29, 1.82) is 0 Å². The molecule has 2 N–H and O–H groups in total. The van der Waals surface area contributed by atoms with Crippen molar-refractivity contribution in [3.05, 3.63) is 18.2 Å². The Bertz CT molecular complexity index is 421. The van der Waals surface area contributed by atoms with E-state index in [4.69, 9.17) is 15.2 Å². The summed E-state index contributed by atoms with van der Waals surface area (Å²) >= 11 is 0. The number of benzene rings is 1. The minimum absolute atomic E-state index is 0.287. The van der Waals surface area contributed by atoms with Crippen molar-refractivity contribution in [2.24, 2.45) is 11.7 Å². The van der Waals surface area contributed by atoms with Gasteiger partial charge in [-0.2, -0.15) is 0 Å². The molecular weight excluding hydrogens is 240 g/mol. The molecule has 2 rings (SSSR count). The van der Waals surface area contributed by atoms with Gasteiger partial charge in [-0.15, -0.1) is 0 Å². The van der Waals surface area contributed by atoms with Gasteiger partial charge in [0, 0.05) is 30.9 Å². The smallest absolute Gasteiger partial charge is 0.162 e. The number of nitrogens with zero attached hydrogens (tertiary/aromatic N) is 1. The Morgan fingerprint density at radius 3 is 2.68 bits per heavy atom. The second-order valence-corrected chi connectivity index (χ2v) is 5.35. The van der Waals surface area contributed by atoms with Gasteiger partial charge in [0.25, 0.3) is 0 Å². The maximum Gasteiger partial charge on any atom is 0.162 e. The van der Waals surface area contributed by atoms with Crippen molar-refractivity contribution in [3.63, 3.8) is 0 Å². The van der Waals surface area contributed by atoms with E-state index in [1.54, 1.807) is 14.2 Å². The highest BCUT2D eigenvalue weighted by atomic mass is 16.5. The molecule has 1 saturated heterocycles. The first kappa shape index (κ1) is 14.0. The third-order valence-corrected chi connectivity index (χ3v) is 3.72. The van der Waals surface area contributed by atoms with Crippen molar-refractivity contribution in [2.45, 2.75) is 25.8 Å². The number of anilines is 1. The zero-order valence-corrected chi connectivity index (χ0v) is 12.1. The fraction of sp³-hybridized carbons (Fsp3) is 0.600. The largest absolute Gasteiger partial charge is 0.493 e. The molecule has 0 aliphatic carbocycles. The second-order valence-electron chi connectivity index (χ2n) is 5.35. The highest BCUT2D eigenvalue weighted by Crippen LogP contribution is 2.34. The Balaban J connectivity index is 2.07. The van der Waals surface area contributed by atoms with Gasteiger partial charge in [-0.3, -0.25) is 0 Å². The van der Waals surface area contributed by atoms with Gasteiger partial charge in [0.05, 0.1) is 14.2 Å². The summed E-state index contributed by atoms with van der Waals surface area (Å²) in [7, 11) is 3.33. The number of methoxy groups -OCH3 is 2. The van der Waals surface area contributed by atoms with E-state index in [0.29, 0.717) is 5.92 Å². The van der Waals surface area contributed by atoms with E-state index in [2.05, 4.69) is 17.9 Å². The van der Waals surface area contributed by atoms with E-state index in [1.165, 1.54) is 12.1 Å². The van der Waals surface area contributed by atoms with Crippen LogP contribution in [0.25, 0.3) is 0 Å². The molecule has 4 nitrogen and oxygen atoms in total. The summed E-state index contributed by atoms with van der Waals surface area (Å²) in [5.41, 5.74) is 7.08. The van der Waals surface area contributed by atoms with Crippen LogP contribution in [0.3, 0.4) is 0 Å². The Morgan fingerprint density at radius 2 is 2.05 bits per heavy atom. The lowest BCUT2D eigenvalue weighted by atomic mass is 10.0. The minimum Gasteiger partial charge on any atom is -0.493 e. The molecular formula is C15H24N2O2. The predicted molar refractivity (Wildman–Crippen MR) is 78.1 cm³/mol. The first-order valence-electron chi connectivity index (χ1n) is 6.86. The number of hydrogen-bond acceptors (Lipinski definition) is 4. The average Bonchev–Trinajstić information content (AvgIpc) is 2.85. The van der Waals surface area contributed by atoms with Crippen LogP contribution in [0.4, 0.5) is 5.69 Å². The van der Waals surface area contributed by atoms with Crippen LogP contribution < -0.4 is 20.1 Å². The van der Waals surface area contributed by atoms with Crippen LogP contribution in [-0.2, 0) is 0 Å². The molecule has 2 atom stereocenters. The lowest BCUT2D eigenvalue weighted by Crippen LogP contribution is -2.23. The van der Waals surface area contributed by atoms with Gasteiger partial charge in [-0.1, -0.05) is 0 Å². The average molecular weight is 264 g/mol. The van der Waals surface area contributed by atoms with Crippen molar-refractivity contribution in [2.75, 3.05) is 32.2 Å². The molecule has 1 aromatic carbocycles. The van der Waals surface area contributed by atoms with Crippen molar-refractivity contribution in [1.82, 2.24) is 0 Å². The second kappa shape index (κ2) is 6.15. The molecule has 2 unspecified atom stereocenters. The number of rotatable bonds is 5. The third kappa shape index (κ3) is 3.32. The summed E-state index contributed by atoms with van der Waals surface area (Å²) in [4.78, 5) is 2.40. The van der Waals surface area contributed by atoms with E-state index < -0.39 is 0 Å². The van der Waals surface area contributed by atoms with E-state index in [1.807, 2.05) is 12.1 Å². The van der Waals surface area contributed by atoms with Gasteiger partial charge >= 0.3 is 0 Å². The van der Waals surface area contributed by atoms with Gasteiger partial charge in [0.1, 0.15) is 0 Å². The zero-order valence-electron chi connectivity index (χ0n) is 12.1. The summed E-state index contributed by atoms with van der Waals surface area (Å²) in [6, 6.07) is 6.39. The molecule has 0 bridgehead atoms. The highest BCUT2D eigenvalue weighted by Gasteiger charge is 2.24. The molecule has 1 aliphatic rings. The Kier molecular flexibility index (Phi) is 4.53. The first-order valence-corrected chi connectivity index (χ1v) is 6.86. The molecule has 1 fully saturated rings. The van der Waals surface area contributed by atoms with Crippen LogP contribution in [0, 0.1) is 5.92 Å². The number of ether oxygens (including phenoxy) is 2. The first-order chi connectivity index (χ1) is 9.13. The SMILES string of the molecule is COc1ccc(N2CCC(CC(C)N)C2)cc1OC. The molecule has 0 radical (unpaired) electrons. The molecule has 0 amide bonds. The maximum absolute atomic E-state index is 5.88. The van der Waals surface area contributed by atoms with Crippen LogP contribution in [0.2, 0.25) is 0 Å². The molecule has 106 valence electrons. The fourth-order valence-corrected chi connectivity index (χ4v) is 2.81. The maximum atomic E-state index is 5.88. The standard InChI is InChI=1S/C15H24N2O2/c1-11(16)8-12-6-7-17(10-12)13-4-5-14(18-2)15(9-13)19-3/h4-5,9,11-12H,6-8,10,16H2,1-3H3.